The van der Waals surface area contributed by atoms with E-state index in [0.29, 0.717) is 18.6 Å². The van der Waals surface area contributed by atoms with Gasteiger partial charge in [-0.05, 0) is 18.8 Å². The molecule has 0 aliphatic carbocycles. The summed E-state index contributed by atoms with van der Waals surface area (Å²) in [6, 6.07) is -1.44. The first-order chi connectivity index (χ1) is 9.31. The second-order valence-corrected chi connectivity index (χ2v) is 6.13. The first kappa shape index (κ1) is 16.8. The van der Waals surface area contributed by atoms with Crippen LogP contribution in [0.4, 0.5) is 0 Å². The van der Waals surface area contributed by atoms with Gasteiger partial charge in [0.25, 0.3) is 0 Å². The zero-order valence-corrected chi connectivity index (χ0v) is 12.3. The van der Waals surface area contributed by atoms with Gasteiger partial charge in [0.05, 0.1) is 5.37 Å². The number of amides is 1. The van der Waals surface area contributed by atoms with Crippen LogP contribution in [0.25, 0.3) is 0 Å². The number of carbonyl (C=O) groups is 3. The van der Waals surface area contributed by atoms with Crippen LogP contribution in [0.1, 0.15) is 26.7 Å². The normalized spacial score (nSPS) is 24.9. The third-order valence-electron chi connectivity index (χ3n) is 3.21. The van der Waals surface area contributed by atoms with E-state index >= 15 is 0 Å². The van der Waals surface area contributed by atoms with Crippen molar-refractivity contribution in [1.82, 2.24) is 10.6 Å². The minimum Gasteiger partial charge on any atom is -0.480 e. The summed E-state index contributed by atoms with van der Waals surface area (Å²) < 4.78 is 0. The standard InChI is InChI=1S/C12H20N2O5S/c1-6(10-14-9(5-20-10)12(18)19)3-4-8(11(16)17)13-7(2)15/h6,8-10,14H,3-5H2,1-2H3,(H,13,15)(H,16,17)(H,18,19)/t6-,8?,9?,10+/m0/s1. The van der Waals surface area contributed by atoms with Crippen molar-refractivity contribution < 1.29 is 24.6 Å². The van der Waals surface area contributed by atoms with Gasteiger partial charge in [-0.3, -0.25) is 14.9 Å². The lowest BCUT2D eigenvalue weighted by Crippen LogP contribution is -2.41. The number of aliphatic carboxylic acids is 2. The summed E-state index contributed by atoms with van der Waals surface area (Å²) in [4.78, 5) is 32.8. The number of thioether (sulfide) groups is 1. The summed E-state index contributed by atoms with van der Waals surface area (Å²) in [6.07, 6.45) is 0.917. The van der Waals surface area contributed by atoms with Crippen molar-refractivity contribution in [3.63, 3.8) is 0 Å². The molecule has 1 heterocycles. The Morgan fingerprint density at radius 1 is 1.35 bits per heavy atom. The van der Waals surface area contributed by atoms with E-state index in [1.807, 2.05) is 6.92 Å². The average molecular weight is 304 g/mol. The zero-order valence-electron chi connectivity index (χ0n) is 11.5. The molecule has 0 bridgehead atoms. The molecule has 4 atom stereocenters. The van der Waals surface area contributed by atoms with E-state index in [4.69, 9.17) is 10.2 Å². The van der Waals surface area contributed by atoms with Crippen LogP contribution >= 0.6 is 11.8 Å². The molecular weight excluding hydrogens is 284 g/mol. The molecule has 2 unspecified atom stereocenters. The Hall–Kier alpha value is -1.28. The highest BCUT2D eigenvalue weighted by atomic mass is 32.2. The number of carboxylic acid groups (broad SMARTS) is 2. The van der Waals surface area contributed by atoms with Gasteiger partial charge >= 0.3 is 11.9 Å². The van der Waals surface area contributed by atoms with Gasteiger partial charge in [-0.1, -0.05) is 6.92 Å². The van der Waals surface area contributed by atoms with Gasteiger partial charge < -0.3 is 15.5 Å². The molecule has 1 rings (SSSR count). The van der Waals surface area contributed by atoms with Gasteiger partial charge in [0.1, 0.15) is 12.1 Å². The number of rotatable bonds is 7. The van der Waals surface area contributed by atoms with Crippen molar-refractivity contribution >= 4 is 29.6 Å². The van der Waals surface area contributed by atoms with Crippen LogP contribution in [-0.2, 0) is 14.4 Å². The predicted octanol–water partition coefficient (Wildman–Crippen LogP) is 0.108. The maximum absolute atomic E-state index is 11.0. The fourth-order valence-electron chi connectivity index (χ4n) is 2.05. The highest BCUT2D eigenvalue weighted by Gasteiger charge is 2.33. The molecule has 20 heavy (non-hydrogen) atoms. The second kappa shape index (κ2) is 7.49. The molecule has 0 saturated carbocycles. The molecule has 1 amide bonds. The number of carboxylic acids is 2. The number of carbonyl (C=O) groups excluding carboxylic acids is 1. The zero-order chi connectivity index (χ0) is 15.3. The van der Waals surface area contributed by atoms with Crippen LogP contribution in [0.3, 0.4) is 0 Å². The summed E-state index contributed by atoms with van der Waals surface area (Å²) in [5, 5.41) is 23.3. The van der Waals surface area contributed by atoms with Crippen LogP contribution < -0.4 is 10.6 Å². The molecule has 114 valence electrons. The maximum atomic E-state index is 11.0. The van der Waals surface area contributed by atoms with Crippen LogP contribution in [0, 0.1) is 5.92 Å². The molecule has 0 aromatic heterocycles. The minimum absolute atomic E-state index is 0.00266. The minimum atomic E-state index is -1.05. The van der Waals surface area contributed by atoms with E-state index < -0.39 is 24.0 Å². The lowest BCUT2D eigenvalue weighted by molar-refractivity contribution is -0.141. The highest BCUT2D eigenvalue weighted by Crippen LogP contribution is 2.28. The van der Waals surface area contributed by atoms with Gasteiger partial charge in [0, 0.05) is 12.7 Å². The molecule has 1 aliphatic heterocycles. The number of hydrogen-bond donors (Lipinski definition) is 4. The summed E-state index contributed by atoms with van der Waals surface area (Å²) in [5.41, 5.74) is 0. The quantitative estimate of drug-likeness (QED) is 0.527. The van der Waals surface area contributed by atoms with E-state index in [1.54, 1.807) is 0 Å². The molecular formula is C12H20N2O5S. The first-order valence-electron chi connectivity index (χ1n) is 6.41. The molecule has 0 aromatic carbocycles. The highest BCUT2D eigenvalue weighted by molar-refractivity contribution is 8.00. The Morgan fingerprint density at radius 3 is 2.45 bits per heavy atom. The molecule has 0 aromatic rings. The second-order valence-electron chi connectivity index (χ2n) is 4.96. The van der Waals surface area contributed by atoms with Crippen LogP contribution in [0.5, 0.6) is 0 Å². The molecule has 0 spiro atoms. The molecule has 7 nitrogen and oxygen atoms in total. The molecule has 1 aliphatic rings. The van der Waals surface area contributed by atoms with Gasteiger partial charge in [-0.2, -0.15) is 0 Å². The molecule has 1 saturated heterocycles. The summed E-state index contributed by atoms with van der Waals surface area (Å²) in [6.45, 7) is 3.23. The average Bonchev–Trinajstić information content (AvgIpc) is 2.82. The van der Waals surface area contributed by atoms with Gasteiger partial charge in [0.2, 0.25) is 5.91 Å². The summed E-state index contributed by atoms with van der Waals surface area (Å²) in [7, 11) is 0. The third kappa shape index (κ3) is 5.01. The number of nitrogens with one attached hydrogen (secondary N) is 2. The summed E-state index contributed by atoms with van der Waals surface area (Å²) >= 11 is 1.53. The Labute approximate surface area is 121 Å². The molecule has 4 N–H and O–H groups in total. The van der Waals surface area contributed by atoms with E-state index in [2.05, 4.69) is 10.6 Å². The van der Waals surface area contributed by atoms with E-state index in [-0.39, 0.29) is 17.2 Å². The van der Waals surface area contributed by atoms with E-state index in [0.717, 1.165) is 0 Å². The number of hydrogen-bond acceptors (Lipinski definition) is 5. The lowest BCUT2D eigenvalue weighted by atomic mass is 10.0. The smallest absolute Gasteiger partial charge is 0.326 e. The van der Waals surface area contributed by atoms with Crippen molar-refractivity contribution in [2.45, 2.75) is 44.1 Å². The van der Waals surface area contributed by atoms with Crippen LogP contribution in [-0.4, -0.2) is 51.3 Å². The maximum Gasteiger partial charge on any atom is 0.326 e. The van der Waals surface area contributed by atoms with Crippen molar-refractivity contribution in [1.29, 1.82) is 0 Å². The Kier molecular flexibility index (Phi) is 6.28. The Balaban J connectivity index is 2.42. The molecule has 8 heteroatoms. The molecule has 1 fully saturated rings. The topological polar surface area (TPSA) is 116 Å². The van der Waals surface area contributed by atoms with Crippen LogP contribution in [0.2, 0.25) is 0 Å². The predicted molar refractivity (Wildman–Crippen MR) is 74.4 cm³/mol. The van der Waals surface area contributed by atoms with Crippen LogP contribution in [0.15, 0.2) is 0 Å². The van der Waals surface area contributed by atoms with Crippen molar-refractivity contribution in [2.24, 2.45) is 5.92 Å². The van der Waals surface area contributed by atoms with Crippen molar-refractivity contribution in [3.05, 3.63) is 0 Å². The Morgan fingerprint density at radius 2 is 2.00 bits per heavy atom. The fourth-order valence-corrected chi connectivity index (χ4v) is 3.41. The van der Waals surface area contributed by atoms with Gasteiger partial charge in [0.15, 0.2) is 0 Å². The Bertz CT molecular complexity index is 390. The lowest BCUT2D eigenvalue weighted by Gasteiger charge is -2.21. The van der Waals surface area contributed by atoms with E-state index in [1.165, 1.54) is 18.7 Å². The van der Waals surface area contributed by atoms with Gasteiger partial charge in [-0.25, -0.2) is 4.79 Å². The largest absolute Gasteiger partial charge is 0.480 e. The third-order valence-corrected chi connectivity index (χ3v) is 4.69. The van der Waals surface area contributed by atoms with Crippen molar-refractivity contribution in [3.8, 4) is 0 Å². The SMILES string of the molecule is CC(=O)NC(CC[C@H](C)[C@@H]1NC(C(=O)O)CS1)C(=O)O. The summed E-state index contributed by atoms with van der Waals surface area (Å²) in [5.74, 6) is -1.65. The van der Waals surface area contributed by atoms with Crippen molar-refractivity contribution in [2.75, 3.05) is 5.75 Å². The van der Waals surface area contributed by atoms with E-state index in [9.17, 15) is 14.4 Å². The fraction of sp³-hybridized carbons (Fsp3) is 0.750. The first-order valence-corrected chi connectivity index (χ1v) is 7.46. The van der Waals surface area contributed by atoms with Gasteiger partial charge in [-0.15, -0.1) is 11.8 Å². The molecule has 0 radical (unpaired) electrons. The monoisotopic (exact) mass is 304 g/mol.